The van der Waals surface area contributed by atoms with Gasteiger partial charge in [0.15, 0.2) is 0 Å². The number of ether oxygens (including phenoxy) is 1. The number of hydrogen-bond acceptors (Lipinski definition) is 3. The molecule has 88 valence electrons. The van der Waals surface area contributed by atoms with E-state index in [1.807, 2.05) is 0 Å². The Morgan fingerprint density at radius 2 is 2.38 bits per heavy atom. The molecule has 1 heterocycles. The van der Waals surface area contributed by atoms with Crippen LogP contribution >= 0.6 is 0 Å². The third-order valence-electron chi connectivity index (χ3n) is 3.67. The molecular formula is C12H18N2O2. The summed E-state index contributed by atoms with van der Waals surface area (Å²) in [5.41, 5.74) is -0.693. The fourth-order valence-corrected chi connectivity index (χ4v) is 2.29. The van der Waals surface area contributed by atoms with E-state index < -0.39 is 5.41 Å². The van der Waals surface area contributed by atoms with E-state index >= 15 is 0 Å². The van der Waals surface area contributed by atoms with Crippen LogP contribution in [0.25, 0.3) is 0 Å². The molecule has 1 saturated carbocycles. The van der Waals surface area contributed by atoms with Crippen LogP contribution in [0.2, 0.25) is 0 Å². The predicted octanol–water partition coefficient (Wildman–Crippen LogP) is 1.22. The Morgan fingerprint density at radius 1 is 1.62 bits per heavy atom. The molecular weight excluding hydrogens is 204 g/mol. The van der Waals surface area contributed by atoms with Gasteiger partial charge in [-0.25, -0.2) is 0 Å². The molecule has 1 N–H and O–H groups in total. The van der Waals surface area contributed by atoms with Crippen molar-refractivity contribution >= 4 is 5.91 Å². The lowest BCUT2D eigenvalue weighted by molar-refractivity contribution is -0.124. The van der Waals surface area contributed by atoms with Crippen molar-refractivity contribution in [2.45, 2.75) is 38.7 Å². The van der Waals surface area contributed by atoms with E-state index in [4.69, 9.17) is 10.00 Å². The molecule has 0 spiro atoms. The third kappa shape index (κ3) is 2.05. The Bertz CT molecular complexity index is 317. The van der Waals surface area contributed by atoms with Crippen LogP contribution in [0, 0.1) is 22.7 Å². The molecule has 1 amide bonds. The van der Waals surface area contributed by atoms with Crippen LogP contribution in [0.15, 0.2) is 0 Å². The van der Waals surface area contributed by atoms with Crippen LogP contribution < -0.4 is 5.32 Å². The van der Waals surface area contributed by atoms with Crippen LogP contribution in [-0.4, -0.2) is 25.2 Å². The number of nitrogens with one attached hydrogen (secondary N) is 1. The van der Waals surface area contributed by atoms with Gasteiger partial charge in [0.2, 0.25) is 5.91 Å². The topological polar surface area (TPSA) is 62.1 Å². The van der Waals surface area contributed by atoms with E-state index in [2.05, 4.69) is 18.3 Å². The Kier molecular flexibility index (Phi) is 3.15. The zero-order chi connectivity index (χ0) is 11.6. The van der Waals surface area contributed by atoms with E-state index in [0.29, 0.717) is 25.3 Å². The number of hydrogen-bond donors (Lipinski definition) is 1. The molecule has 0 aromatic carbocycles. The molecule has 1 saturated heterocycles. The molecule has 16 heavy (non-hydrogen) atoms. The van der Waals surface area contributed by atoms with Crippen molar-refractivity contribution in [1.82, 2.24) is 5.32 Å². The fraction of sp³-hybridized carbons (Fsp3) is 0.833. The van der Waals surface area contributed by atoms with Gasteiger partial charge >= 0.3 is 0 Å². The summed E-state index contributed by atoms with van der Waals surface area (Å²) in [5.74, 6) is 0.334. The van der Waals surface area contributed by atoms with E-state index in [-0.39, 0.29) is 12.0 Å². The van der Waals surface area contributed by atoms with Crippen molar-refractivity contribution in [3.8, 4) is 6.07 Å². The second-order valence-electron chi connectivity index (χ2n) is 4.77. The van der Waals surface area contributed by atoms with Gasteiger partial charge in [-0.2, -0.15) is 5.26 Å². The number of rotatable bonds is 4. The molecule has 4 heteroatoms. The van der Waals surface area contributed by atoms with Crippen molar-refractivity contribution < 1.29 is 9.53 Å². The Hall–Kier alpha value is -1.08. The average Bonchev–Trinajstić information content (AvgIpc) is 2.98. The van der Waals surface area contributed by atoms with Crippen LogP contribution in [-0.2, 0) is 9.53 Å². The van der Waals surface area contributed by atoms with Crippen molar-refractivity contribution in [3.05, 3.63) is 0 Å². The van der Waals surface area contributed by atoms with Crippen molar-refractivity contribution in [2.75, 3.05) is 13.2 Å². The maximum atomic E-state index is 11.7. The predicted molar refractivity (Wildman–Crippen MR) is 58.4 cm³/mol. The van der Waals surface area contributed by atoms with E-state index in [0.717, 1.165) is 19.4 Å². The van der Waals surface area contributed by atoms with Crippen molar-refractivity contribution in [1.29, 1.82) is 5.26 Å². The van der Waals surface area contributed by atoms with Crippen LogP contribution in [0.1, 0.15) is 32.6 Å². The van der Waals surface area contributed by atoms with Gasteiger partial charge < -0.3 is 10.1 Å². The van der Waals surface area contributed by atoms with E-state index in [1.54, 1.807) is 0 Å². The summed E-state index contributed by atoms with van der Waals surface area (Å²) in [6.45, 7) is 3.55. The second-order valence-corrected chi connectivity index (χ2v) is 4.77. The zero-order valence-corrected chi connectivity index (χ0v) is 9.66. The minimum absolute atomic E-state index is 0.0863. The first kappa shape index (κ1) is 11.4. The van der Waals surface area contributed by atoms with Gasteiger partial charge in [0.1, 0.15) is 5.41 Å². The largest absolute Gasteiger partial charge is 0.378 e. The van der Waals surface area contributed by atoms with Gasteiger partial charge in [0.05, 0.1) is 12.2 Å². The molecule has 2 rings (SSSR count). The lowest BCUT2D eigenvalue weighted by atomic mass is 9.99. The standard InChI is InChI=1S/C12H18N2O2/c1-2-10-9(3-6-16-10)7-14-11(15)12(8-13)4-5-12/h9-10H,2-7H2,1H3,(H,14,15). The minimum atomic E-state index is -0.693. The Morgan fingerprint density at radius 3 is 2.94 bits per heavy atom. The van der Waals surface area contributed by atoms with Gasteiger partial charge in [0, 0.05) is 19.1 Å². The summed E-state index contributed by atoms with van der Waals surface area (Å²) in [5, 5.41) is 11.8. The summed E-state index contributed by atoms with van der Waals surface area (Å²) in [7, 11) is 0. The van der Waals surface area contributed by atoms with Gasteiger partial charge in [-0.15, -0.1) is 0 Å². The molecule has 4 nitrogen and oxygen atoms in total. The molecule has 0 bridgehead atoms. The lowest BCUT2D eigenvalue weighted by Crippen LogP contribution is -2.37. The smallest absolute Gasteiger partial charge is 0.240 e. The van der Waals surface area contributed by atoms with E-state index in [9.17, 15) is 4.79 Å². The number of nitriles is 1. The maximum Gasteiger partial charge on any atom is 0.240 e. The van der Waals surface area contributed by atoms with Gasteiger partial charge in [-0.05, 0) is 25.7 Å². The van der Waals surface area contributed by atoms with Crippen molar-refractivity contribution in [3.63, 3.8) is 0 Å². The van der Waals surface area contributed by atoms with Gasteiger partial charge in [-0.1, -0.05) is 6.92 Å². The zero-order valence-electron chi connectivity index (χ0n) is 9.66. The minimum Gasteiger partial charge on any atom is -0.378 e. The molecule has 2 aliphatic rings. The summed E-state index contributed by atoms with van der Waals surface area (Å²) < 4.78 is 5.56. The summed E-state index contributed by atoms with van der Waals surface area (Å²) in [6, 6.07) is 2.11. The van der Waals surface area contributed by atoms with E-state index in [1.165, 1.54) is 0 Å². The maximum absolute atomic E-state index is 11.7. The molecule has 0 radical (unpaired) electrons. The Balaban J connectivity index is 1.79. The molecule has 2 unspecified atom stereocenters. The summed E-state index contributed by atoms with van der Waals surface area (Å²) in [6.07, 6.45) is 3.71. The van der Waals surface area contributed by atoms with Crippen LogP contribution in [0.4, 0.5) is 0 Å². The molecule has 0 aromatic heterocycles. The quantitative estimate of drug-likeness (QED) is 0.778. The second kappa shape index (κ2) is 4.42. The summed E-state index contributed by atoms with van der Waals surface area (Å²) >= 11 is 0. The first-order valence-electron chi connectivity index (χ1n) is 6.03. The number of carbonyl (C=O) groups excluding carboxylic acids is 1. The average molecular weight is 222 g/mol. The third-order valence-corrected chi connectivity index (χ3v) is 3.67. The van der Waals surface area contributed by atoms with Crippen molar-refractivity contribution in [2.24, 2.45) is 11.3 Å². The van der Waals surface area contributed by atoms with Gasteiger partial charge in [-0.3, -0.25) is 4.79 Å². The van der Waals surface area contributed by atoms with Crippen LogP contribution in [0.5, 0.6) is 0 Å². The number of nitrogens with zero attached hydrogens (tertiary/aromatic N) is 1. The highest BCUT2D eigenvalue weighted by Gasteiger charge is 2.50. The lowest BCUT2D eigenvalue weighted by Gasteiger charge is -2.18. The molecule has 1 aliphatic heterocycles. The highest BCUT2D eigenvalue weighted by molar-refractivity contribution is 5.88. The monoisotopic (exact) mass is 222 g/mol. The first-order chi connectivity index (χ1) is 7.72. The first-order valence-corrected chi connectivity index (χ1v) is 6.03. The van der Waals surface area contributed by atoms with Crippen LogP contribution in [0.3, 0.4) is 0 Å². The Labute approximate surface area is 96.0 Å². The highest BCUT2D eigenvalue weighted by Crippen LogP contribution is 2.45. The van der Waals surface area contributed by atoms with Gasteiger partial charge in [0.25, 0.3) is 0 Å². The molecule has 2 atom stereocenters. The normalized spacial score (nSPS) is 30.8. The molecule has 0 aromatic rings. The highest BCUT2D eigenvalue weighted by atomic mass is 16.5. The number of carbonyl (C=O) groups is 1. The number of amides is 1. The summed E-state index contributed by atoms with van der Waals surface area (Å²) in [4.78, 5) is 11.7. The fourth-order valence-electron chi connectivity index (χ4n) is 2.29. The molecule has 1 aliphatic carbocycles. The molecule has 2 fully saturated rings. The SMILES string of the molecule is CCC1OCCC1CNC(=O)C1(C#N)CC1.